The second kappa shape index (κ2) is 10.3. The molecule has 0 bridgehead atoms. The molecule has 2 atom stereocenters. The molecule has 0 saturated heterocycles. The summed E-state index contributed by atoms with van der Waals surface area (Å²) in [6, 6.07) is 8.03. The van der Waals surface area contributed by atoms with Crippen molar-refractivity contribution in [1.82, 2.24) is 9.78 Å². The fourth-order valence-electron chi connectivity index (χ4n) is 4.22. The Labute approximate surface area is 175 Å². The van der Waals surface area contributed by atoms with E-state index in [1.165, 1.54) is 41.3 Å². The van der Waals surface area contributed by atoms with E-state index in [0.29, 0.717) is 22.3 Å². The standard InChI is InChI=1S/C22H29F2N3OS/c1-3-6-15-9-10-16(13-15)17-7-4-5-8-19(17)25-22(29-12-11-28)18-14-27(2)26-20(18)21(23)24/h4-5,7-8,14-16,21,28H,3,6,9-13H2,1-2H3. The number of thioether (sulfide) groups is 1. The predicted molar refractivity (Wildman–Crippen MR) is 115 cm³/mol. The molecular formula is C22H29F2N3OS. The first-order chi connectivity index (χ1) is 14.0. The minimum Gasteiger partial charge on any atom is -0.396 e. The summed E-state index contributed by atoms with van der Waals surface area (Å²) in [6.07, 6.45) is 4.91. The highest BCUT2D eigenvalue weighted by molar-refractivity contribution is 8.14. The van der Waals surface area contributed by atoms with Crippen molar-refractivity contribution in [2.45, 2.75) is 51.4 Å². The zero-order valence-electron chi connectivity index (χ0n) is 17.0. The third-order valence-electron chi connectivity index (χ3n) is 5.46. The molecule has 158 valence electrons. The molecule has 1 fully saturated rings. The number of hydrogen-bond acceptors (Lipinski definition) is 4. The average molecular weight is 422 g/mol. The van der Waals surface area contributed by atoms with E-state index < -0.39 is 6.43 Å². The van der Waals surface area contributed by atoms with Gasteiger partial charge in [-0.05, 0) is 42.7 Å². The molecule has 0 amide bonds. The van der Waals surface area contributed by atoms with Crippen LogP contribution in [0.5, 0.6) is 0 Å². The van der Waals surface area contributed by atoms with Crippen molar-refractivity contribution >= 4 is 22.5 Å². The van der Waals surface area contributed by atoms with Crippen molar-refractivity contribution in [3.63, 3.8) is 0 Å². The molecule has 0 aliphatic heterocycles. The number of aromatic nitrogens is 2. The topological polar surface area (TPSA) is 50.4 Å². The van der Waals surface area contributed by atoms with Crippen LogP contribution in [-0.4, -0.2) is 32.3 Å². The molecule has 2 unspecified atom stereocenters. The lowest BCUT2D eigenvalue weighted by molar-refractivity contribution is 0.145. The smallest absolute Gasteiger partial charge is 0.282 e. The van der Waals surface area contributed by atoms with E-state index in [-0.39, 0.29) is 12.3 Å². The Hall–Kier alpha value is -1.73. The van der Waals surface area contributed by atoms with Gasteiger partial charge in [0.15, 0.2) is 0 Å². The number of benzene rings is 1. The van der Waals surface area contributed by atoms with Gasteiger partial charge in [-0.25, -0.2) is 13.8 Å². The number of aliphatic hydroxyl groups is 1. The van der Waals surface area contributed by atoms with Crippen LogP contribution in [0.2, 0.25) is 0 Å². The SMILES string of the molecule is CCCC1CCC(c2ccccc2N=C(SCCO)c2cn(C)nc2C(F)F)C1. The number of para-hydroxylation sites is 1. The number of nitrogens with zero attached hydrogens (tertiary/aromatic N) is 3. The minimum atomic E-state index is -2.67. The molecule has 0 radical (unpaired) electrons. The van der Waals surface area contributed by atoms with Crippen molar-refractivity contribution < 1.29 is 13.9 Å². The number of aryl methyl sites for hydroxylation is 1. The molecule has 0 spiro atoms. The van der Waals surface area contributed by atoms with Crippen LogP contribution in [-0.2, 0) is 7.05 Å². The lowest BCUT2D eigenvalue weighted by Crippen LogP contribution is -2.03. The van der Waals surface area contributed by atoms with Crippen LogP contribution in [0.1, 0.15) is 68.2 Å². The molecule has 7 heteroatoms. The Morgan fingerprint density at radius 1 is 1.34 bits per heavy atom. The molecular weight excluding hydrogens is 392 g/mol. The highest BCUT2D eigenvalue weighted by Gasteiger charge is 2.27. The van der Waals surface area contributed by atoms with Gasteiger partial charge in [-0.3, -0.25) is 4.68 Å². The van der Waals surface area contributed by atoms with Gasteiger partial charge in [-0.15, -0.1) is 11.8 Å². The highest BCUT2D eigenvalue weighted by atomic mass is 32.2. The molecule has 4 nitrogen and oxygen atoms in total. The van der Waals surface area contributed by atoms with E-state index in [4.69, 9.17) is 4.99 Å². The van der Waals surface area contributed by atoms with Crippen LogP contribution in [0.3, 0.4) is 0 Å². The van der Waals surface area contributed by atoms with Crippen LogP contribution in [0.4, 0.5) is 14.5 Å². The summed E-state index contributed by atoms with van der Waals surface area (Å²) >= 11 is 1.29. The lowest BCUT2D eigenvalue weighted by atomic mass is 9.93. The van der Waals surface area contributed by atoms with Crippen LogP contribution in [0.25, 0.3) is 0 Å². The van der Waals surface area contributed by atoms with Gasteiger partial charge in [-0.1, -0.05) is 38.0 Å². The molecule has 1 saturated carbocycles. The summed E-state index contributed by atoms with van der Waals surface area (Å²) in [6.45, 7) is 2.18. The quantitative estimate of drug-likeness (QED) is 0.430. The van der Waals surface area contributed by atoms with Crippen molar-refractivity contribution in [1.29, 1.82) is 0 Å². The largest absolute Gasteiger partial charge is 0.396 e. The van der Waals surface area contributed by atoms with E-state index in [1.807, 2.05) is 18.2 Å². The molecule has 3 rings (SSSR count). The fraction of sp³-hybridized carbons (Fsp3) is 0.545. The van der Waals surface area contributed by atoms with E-state index in [0.717, 1.165) is 24.4 Å². The Kier molecular flexibility index (Phi) is 7.84. The molecule has 1 aliphatic rings. The van der Waals surface area contributed by atoms with Crippen molar-refractivity contribution in [3.8, 4) is 0 Å². The monoisotopic (exact) mass is 421 g/mol. The number of hydrogen-bond donors (Lipinski definition) is 1. The van der Waals surface area contributed by atoms with Crippen molar-refractivity contribution in [2.75, 3.05) is 12.4 Å². The first kappa shape index (κ1) is 22.0. The fourth-order valence-corrected chi connectivity index (χ4v) is 4.98. The lowest BCUT2D eigenvalue weighted by Gasteiger charge is -2.15. The number of rotatable bonds is 8. The zero-order valence-corrected chi connectivity index (χ0v) is 17.8. The van der Waals surface area contributed by atoms with E-state index in [9.17, 15) is 13.9 Å². The van der Waals surface area contributed by atoms with Gasteiger partial charge in [0.25, 0.3) is 6.43 Å². The Morgan fingerprint density at radius 2 is 2.14 bits per heavy atom. The predicted octanol–water partition coefficient (Wildman–Crippen LogP) is 5.85. The van der Waals surface area contributed by atoms with Crippen LogP contribution in [0.15, 0.2) is 35.5 Å². The second-order valence-electron chi connectivity index (χ2n) is 7.61. The molecule has 1 heterocycles. The third-order valence-corrected chi connectivity index (χ3v) is 6.43. The molecule has 1 aliphatic carbocycles. The Balaban J connectivity index is 1.97. The number of aliphatic hydroxyl groups excluding tert-OH is 1. The number of alkyl halides is 2. The summed E-state index contributed by atoms with van der Waals surface area (Å²) in [4.78, 5) is 4.82. The number of aliphatic imine (C=N–C) groups is 1. The summed E-state index contributed by atoms with van der Waals surface area (Å²) < 4.78 is 28.4. The first-order valence-corrected chi connectivity index (χ1v) is 11.2. The molecule has 29 heavy (non-hydrogen) atoms. The van der Waals surface area contributed by atoms with Gasteiger partial charge in [-0.2, -0.15) is 5.10 Å². The summed E-state index contributed by atoms with van der Waals surface area (Å²) in [5, 5.41) is 13.7. The summed E-state index contributed by atoms with van der Waals surface area (Å²) in [7, 11) is 1.63. The minimum absolute atomic E-state index is 0.0447. The maximum Gasteiger partial charge on any atom is 0.282 e. The number of halogens is 2. The summed E-state index contributed by atoms with van der Waals surface area (Å²) in [5.41, 5.74) is 2.10. The Morgan fingerprint density at radius 3 is 2.86 bits per heavy atom. The van der Waals surface area contributed by atoms with E-state index in [2.05, 4.69) is 18.1 Å². The van der Waals surface area contributed by atoms with Crippen molar-refractivity contribution in [3.05, 3.63) is 47.3 Å². The van der Waals surface area contributed by atoms with E-state index >= 15 is 0 Å². The zero-order chi connectivity index (χ0) is 20.8. The molecule has 1 N–H and O–H groups in total. The molecule has 1 aromatic heterocycles. The van der Waals surface area contributed by atoms with Crippen LogP contribution < -0.4 is 0 Å². The van der Waals surface area contributed by atoms with Gasteiger partial charge >= 0.3 is 0 Å². The van der Waals surface area contributed by atoms with Crippen LogP contribution >= 0.6 is 11.8 Å². The molecule has 2 aromatic rings. The maximum absolute atomic E-state index is 13.5. The van der Waals surface area contributed by atoms with E-state index in [1.54, 1.807) is 13.2 Å². The first-order valence-electron chi connectivity index (χ1n) is 10.3. The van der Waals surface area contributed by atoms with Gasteiger partial charge in [0, 0.05) is 19.0 Å². The molecule has 1 aromatic carbocycles. The summed E-state index contributed by atoms with van der Waals surface area (Å²) in [5.74, 6) is 1.61. The van der Waals surface area contributed by atoms with Gasteiger partial charge in [0.2, 0.25) is 0 Å². The normalized spacial score (nSPS) is 20.0. The Bertz CT molecular complexity index is 837. The van der Waals surface area contributed by atoms with Gasteiger partial charge < -0.3 is 5.11 Å². The second-order valence-corrected chi connectivity index (χ2v) is 8.70. The van der Waals surface area contributed by atoms with Gasteiger partial charge in [0.1, 0.15) is 10.7 Å². The van der Waals surface area contributed by atoms with Crippen LogP contribution in [0, 0.1) is 5.92 Å². The van der Waals surface area contributed by atoms with Crippen molar-refractivity contribution in [2.24, 2.45) is 18.0 Å². The average Bonchev–Trinajstić information content (AvgIpc) is 3.32. The highest BCUT2D eigenvalue weighted by Crippen LogP contribution is 2.43. The van der Waals surface area contributed by atoms with Gasteiger partial charge in [0.05, 0.1) is 17.9 Å². The maximum atomic E-state index is 13.5. The third kappa shape index (κ3) is 5.45.